The summed E-state index contributed by atoms with van der Waals surface area (Å²) in [5.41, 5.74) is -0.159. The predicted octanol–water partition coefficient (Wildman–Crippen LogP) is 2.40. The Balaban J connectivity index is 2.68. The fourth-order valence-electron chi connectivity index (χ4n) is 2.17. The lowest BCUT2D eigenvalue weighted by atomic mass is 9.94. The van der Waals surface area contributed by atoms with Gasteiger partial charge in [-0.3, -0.25) is 9.59 Å². The summed E-state index contributed by atoms with van der Waals surface area (Å²) in [5.74, 6) is -2.39. The van der Waals surface area contributed by atoms with E-state index < -0.39 is 17.7 Å². The van der Waals surface area contributed by atoms with E-state index in [4.69, 9.17) is 5.11 Å². The van der Waals surface area contributed by atoms with Crippen LogP contribution in [0.25, 0.3) is 0 Å². The average Bonchev–Trinajstić information content (AvgIpc) is 2.37. The Morgan fingerprint density at radius 1 is 1.33 bits per heavy atom. The Bertz CT molecular complexity index is 516. The van der Waals surface area contributed by atoms with Crippen LogP contribution in [-0.4, -0.2) is 28.6 Å². The van der Waals surface area contributed by atoms with Crippen LogP contribution in [0.1, 0.15) is 37.0 Å². The minimum Gasteiger partial charge on any atom is -0.507 e. The fraction of sp³-hybridized carbons (Fsp3) is 0.467. The number of rotatable bonds is 7. The molecule has 1 rings (SSSR count). The summed E-state index contributed by atoms with van der Waals surface area (Å²) >= 11 is 0. The van der Waals surface area contributed by atoms with Crippen molar-refractivity contribution in [2.24, 2.45) is 11.8 Å². The minimum atomic E-state index is -0.927. The Hall–Kier alpha value is -2.11. The van der Waals surface area contributed by atoms with Crippen molar-refractivity contribution in [3.05, 3.63) is 29.6 Å². The van der Waals surface area contributed by atoms with Gasteiger partial charge < -0.3 is 15.5 Å². The lowest BCUT2D eigenvalue weighted by Gasteiger charge is -2.18. The van der Waals surface area contributed by atoms with Crippen LogP contribution in [0.5, 0.6) is 5.75 Å². The van der Waals surface area contributed by atoms with Gasteiger partial charge in [0.1, 0.15) is 11.6 Å². The van der Waals surface area contributed by atoms with Gasteiger partial charge in [0.2, 0.25) is 0 Å². The van der Waals surface area contributed by atoms with Crippen molar-refractivity contribution in [3.8, 4) is 5.75 Å². The molecule has 0 saturated heterocycles. The van der Waals surface area contributed by atoms with Crippen molar-refractivity contribution in [2.75, 3.05) is 6.54 Å². The highest BCUT2D eigenvalue weighted by molar-refractivity contribution is 5.96. The van der Waals surface area contributed by atoms with E-state index in [2.05, 4.69) is 5.32 Å². The van der Waals surface area contributed by atoms with Gasteiger partial charge in [-0.25, -0.2) is 4.39 Å². The molecule has 1 aromatic carbocycles. The molecule has 3 N–H and O–H groups in total. The number of halogens is 1. The number of carboxylic acid groups (broad SMARTS) is 1. The first-order chi connectivity index (χ1) is 9.79. The van der Waals surface area contributed by atoms with Gasteiger partial charge in [-0.2, -0.15) is 0 Å². The Morgan fingerprint density at radius 3 is 2.57 bits per heavy atom. The van der Waals surface area contributed by atoms with Crippen LogP contribution in [0.4, 0.5) is 4.39 Å². The first kappa shape index (κ1) is 16.9. The fourth-order valence-corrected chi connectivity index (χ4v) is 2.17. The maximum Gasteiger partial charge on any atom is 0.303 e. The summed E-state index contributed by atoms with van der Waals surface area (Å²) in [6.07, 6.45) is 0.606. The molecule has 0 aromatic heterocycles. The summed E-state index contributed by atoms with van der Waals surface area (Å²) in [4.78, 5) is 22.7. The van der Waals surface area contributed by atoms with Crippen LogP contribution in [0, 0.1) is 17.7 Å². The standard InChI is InChI=1S/C15H20FNO4/c1-9(2)5-10(6-14(19)20)8-17-15(21)12-7-11(16)3-4-13(12)18/h3-4,7,9-10,18H,5-6,8H2,1-2H3,(H,17,21)(H,19,20). The van der Waals surface area contributed by atoms with Crippen LogP contribution in [0.15, 0.2) is 18.2 Å². The van der Waals surface area contributed by atoms with E-state index in [0.29, 0.717) is 12.3 Å². The Labute approximate surface area is 122 Å². The van der Waals surface area contributed by atoms with E-state index in [1.807, 2.05) is 13.8 Å². The third-order valence-electron chi connectivity index (χ3n) is 3.02. The van der Waals surface area contributed by atoms with Gasteiger partial charge in [-0.15, -0.1) is 0 Å². The van der Waals surface area contributed by atoms with Gasteiger partial charge in [0, 0.05) is 13.0 Å². The molecule has 1 unspecified atom stereocenters. The quantitative estimate of drug-likeness (QED) is 0.721. The first-order valence-corrected chi connectivity index (χ1v) is 6.78. The second-order valence-corrected chi connectivity index (χ2v) is 5.46. The van der Waals surface area contributed by atoms with E-state index in [0.717, 1.165) is 18.2 Å². The van der Waals surface area contributed by atoms with Crippen molar-refractivity contribution in [1.82, 2.24) is 5.32 Å². The van der Waals surface area contributed by atoms with Crippen LogP contribution in [-0.2, 0) is 4.79 Å². The zero-order valence-electron chi connectivity index (χ0n) is 12.1. The molecule has 6 heteroatoms. The number of phenols is 1. The number of amides is 1. The molecule has 0 spiro atoms. The molecule has 0 aliphatic heterocycles. The molecule has 1 atom stereocenters. The number of carbonyl (C=O) groups is 2. The number of carboxylic acids is 1. The summed E-state index contributed by atoms with van der Waals surface area (Å²) in [6.45, 7) is 4.10. The molecule has 0 aliphatic carbocycles. The van der Waals surface area contributed by atoms with E-state index in [1.54, 1.807) is 0 Å². The third kappa shape index (κ3) is 5.81. The second-order valence-electron chi connectivity index (χ2n) is 5.46. The zero-order chi connectivity index (χ0) is 16.0. The van der Waals surface area contributed by atoms with Crippen LogP contribution in [0.3, 0.4) is 0 Å². The molecule has 1 aromatic rings. The molecule has 0 saturated carbocycles. The first-order valence-electron chi connectivity index (χ1n) is 6.78. The number of carbonyl (C=O) groups excluding carboxylic acids is 1. The average molecular weight is 297 g/mol. The summed E-state index contributed by atoms with van der Waals surface area (Å²) in [5, 5.41) is 20.9. The van der Waals surface area contributed by atoms with Crippen molar-refractivity contribution < 1.29 is 24.2 Å². The van der Waals surface area contributed by atoms with Gasteiger partial charge in [-0.1, -0.05) is 13.8 Å². The van der Waals surface area contributed by atoms with Crippen molar-refractivity contribution in [2.45, 2.75) is 26.7 Å². The van der Waals surface area contributed by atoms with Gasteiger partial charge >= 0.3 is 5.97 Å². The van der Waals surface area contributed by atoms with Crippen molar-refractivity contribution in [3.63, 3.8) is 0 Å². The maximum atomic E-state index is 13.1. The van der Waals surface area contributed by atoms with Crippen LogP contribution in [0.2, 0.25) is 0 Å². The van der Waals surface area contributed by atoms with Crippen LogP contribution >= 0.6 is 0 Å². The Morgan fingerprint density at radius 2 is 2.00 bits per heavy atom. The molecule has 21 heavy (non-hydrogen) atoms. The van der Waals surface area contributed by atoms with Gasteiger partial charge in [0.05, 0.1) is 5.56 Å². The molecular weight excluding hydrogens is 277 g/mol. The minimum absolute atomic E-state index is 0.0480. The van der Waals surface area contributed by atoms with Crippen LogP contribution < -0.4 is 5.32 Å². The van der Waals surface area contributed by atoms with E-state index in [-0.39, 0.29) is 30.2 Å². The molecule has 116 valence electrons. The lowest BCUT2D eigenvalue weighted by molar-refractivity contribution is -0.138. The molecule has 5 nitrogen and oxygen atoms in total. The molecule has 1 amide bonds. The van der Waals surface area contributed by atoms with Gasteiger partial charge in [0.15, 0.2) is 0 Å². The molecule has 0 aliphatic rings. The third-order valence-corrected chi connectivity index (χ3v) is 3.02. The number of nitrogens with one attached hydrogen (secondary N) is 1. The van der Waals surface area contributed by atoms with E-state index in [9.17, 15) is 19.1 Å². The summed E-state index contributed by atoms with van der Waals surface area (Å²) < 4.78 is 13.1. The number of benzene rings is 1. The summed E-state index contributed by atoms with van der Waals surface area (Å²) in [7, 11) is 0. The monoisotopic (exact) mass is 297 g/mol. The maximum absolute atomic E-state index is 13.1. The number of phenolic OH excluding ortho intramolecular Hbond substituents is 1. The van der Waals surface area contributed by atoms with E-state index >= 15 is 0 Å². The number of hydrogen-bond acceptors (Lipinski definition) is 3. The smallest absolute Gasteiger partial charge is 0.303 e. The van der Waals surface area contributed by atoms with Gasteiger partial charge in [0.25, 0.3) is 5.91 Å². The topological polar surface area (TPSA) is 86.6 Å². The zero-order valence-corrected chi connectivity index (χ0v) is 12.1. The summed E-state index contributed by atoms with van der Waals surface area (Å²) in [6, 6.07) is 3.10. The van der Waals surface area contributed by atoms with Crippen molar-refractivity contribution in [1.29, 1.82) is 0 Å². The normalized spacial score (nSPS) is 12.2. The number of hydrogen-bond donors (Lipinski definition) is 3. The van der Waals surface area contributed by atoms with Gasteiger partial charge in [-0.05, 0) is 36.5 Å². The number of aromatic hydroxyl groups is 1. The highest BCUT2D eigenvalue weighted by Gasteiger charge is 2.18. The Kier molecular flexibility index (Phi) is 6.14. The second kappa shape index (κ2) is 7.61. The molecule has 0 heterocycles. The number of aliphatic carboxylic acids is 1. The molecule has 0 fully saturated rings. The predicted molar refractivity (Wildman–Crippen MR) is 75.6 cm³/mol. The SMILES string of the molecule is CC(C)CC(CNC(=O)c1cc(F)ccc1O)CC(=O)O. The van der Waals surface area contributed by atoms with E-state index in [1.165, 1.54) is 0 Å². The highest BCUT2D eigenvalue weighted by atomic mass is 19.1. The lowest BCUT2D eigenvalue weighted by Crippen LogP contribution is -2.31. The molecule has 0 radical (unpaired) electrons. The highest BCUT2D eigenvalue weighted by Crippen LogP contribution is 2.19. The molecule has 0 bridgehead atoms. The van der Waals surface area contributed by atoms with Crippen molar-refractivity contribution >= 4 is 11.9 Å². The largest absolute Gasteiger partial charge is 0.507 e. The molecular formula is C15H20FNO4.